The Hall–Kier alpha value is -3.13. The zero-order valence-electron chi connectivity index (χ0n) is 18.1. The lowest BCUT2D eigenvalue weighted by molar-refractivity contribution is -0.126. The number of nitrogens with one attached hydrogen (secondary N) is 1. The fourth-order valence-electron chi connectivity index (χ4n) is 4.24. The van der Waals surface area contributed by atoms with E-state index in [0.29, 0.717) is 13.0 Å². The van der Waals surface area contributed by atoms with Gasteiger partial charge in [-0.25, -0.2) is 0 Å². The van der Waals surface area contributed by atoms with Crippen molar-refractivity contribution in [2.45, 2.75) is 51.1 Å². The van der Waals surface area contributed by atoms with Gasteiger partial charge in [-0.05, 0) is 61.0 Å². The number of carbonyl (C=O) groups excluding carboxylic acids is 2. The van der Waals surface area contributed by atoms with Crippen molar-refractivity contribution in [2.24, 2.45) is 0 Å². The summed E-state index contributed by atoms with van der Waals surface area (Å²) in [6, 6.07) is 11.2. The van der Waals surface area contributed by atoms with Crippen LogP contribution >= 0.6 is 11.5 Å². The van der Waals surface area contributed by atoms with E-state index in [2.05, 4.69) is 26.0 Å². The molecule has 1 aromatic carbocycles. The molecule has 0 spiro atoms. The average molecular weight is 450 g/mol. The first kappa shape index (κ1) is 22.1. The van der Waals surface area contributed by atoms with Crippen molar-refractivity contribution in [1.82, 2.24) is 24.8 Å². The summed E-state index contributed by atoms with van der Waals surface area (Å²) >= 11 is 1.12. The molecule has 166 valence electrons. The molecule has 1 unspecified atom stereocenters. The number of benzene rings is 1. The lowest BCUT2D eigenvalue weighted by Crippen LogP contribution is -2.47. The average Bonchev–Trinajstić information content (AvgIpc) is 3.51. The first-order valence-electron chi connectivity index (χ1n) is 11.0. The van der Waals surface area contributed by atoms with Crippen LogP contribution in [-0.2, 0) is 11.2 Å². The molecule has 1 fully saturated rings. The second-order valence-corrected chi connectivity index (χ2v) is 8.81. The van der Waals surface area contributed by atoms with E-state index in [-0.39, 0.29) is 23.6 Å². The zero-order chi connectivity index (χ0) is 22.3. The van der Waals surface area contributed by atoms with Crippen LogP contribution in [0.15, 0.2) is 54.2 Å². The quantitative estimate of drug-likeness (QED) is 0.566. The number of pyridine rings is 1. The van der Waals surface area contributed by atoms with Gasteiger partial charge in [-0.2, -0.15) is 0 Å². The molecule has 1 aliphatic carbocycles. The van der Waals surface area contributed by atoms with Gasteiger partial charge in [0.2, 0.25) is 5.91 Å². The van der Waals surface area contributed by atoms with Crippen molar-refractivity contribution in [3.63, 3.8) is 0 Å². The van der Waals surface area contributed by atoms with Crippen LogP contribution in [0.3, 0.4) is 0 Å². The number of aryl methyl sites for hydroxylation is 1. The first-order chi connectivity index (χ1) is 15.6. The van der Waals surface area contributed by atoms with E-state index >= 15 is 0 Å². The molecule has 3 aromatic rings. The molecule has 4 rings (SSSR count). The predicted molar refractivity (Wildman–Crippen MR) is 123 cm³/mol. The Morgan fingerprint density at radius 2 is 1.97 bits per heavy atom. The van der Waals surface area contributed by atoms with E-state index in [0.717, 1.165) is 53.9 Å². The minimum atomic E-state index is -0.766. The summed E-state index contributed by atoms with van der Waals surface area (Å²) < 4.78 is 3.85. The Morgan fingerprint density at radius 3 is 2.66 bits per heavy atom. The minimum Gasteiger partial charge on any atom is -0.351 e. The van der Waals surface area contributed by atoms with Crippen molar-refractivity contribution in [1.29, 1.82) is 0 Å². The van der Waals surface area contributed by atoms with Gasteiger partial charge in [0.05, 0.1) is 0 Å². The number of carbonyl (C=O) groups is 2. The molecule has 8 heteroatoms. The van der Waals surface area contributed by atoms with Crippen LogP contribution in [0.5, 0.6) is 0 Å². The van der Waals surface area contributed by atoms with Gasteiger partial charge < -0.3 is 10.2 Å². The highest BCUT2D eigenvalue weighted by Gasteiger charge is 2.34. The zero-order valence-corrected chi connectivity index (χ0v) is 18.9. The fourth-order valence-corrected chi connectivity index (χ4v) is 4.67. The molecule has 1 saturated carbocycles. The van der Waals surface area contributed by atoms with Gasteiger partial charge in [0.15, 0.2) is 5.69 Å². The first-order valence-corrected chi connectivity index (χ1v) is 11.8. The summed E-state index contributed by atoms with van der Waals surface area (Å²) in [5.74, 6) is -0.460. The smallest absolute Gasteiger partial charge is 0.276 e. The van der Waals surface area contributed by atoms with E-state index in [9.17, 15) is 9.59 Å². The Balaban J connectivity index is 1.66. The molecule has 1 atom stereocenters. The fraction of sp³-hybridized carbons (Fsp3) is 0.375. The van der Waals surface area contributed by atoms with Gasteiger partial charge in [0.25, 0.3) is 5.91 Å². The molecule has 0 saturated heterocycles. The van der Waals surface area contributed by atoms with Gasteiger partial charge >= 0.3 is 0 Å². The highest BCUT2D eigenvalue weighted by atomic mass is 32.1. The summed E-state index contributed by atoms with van der Waals surface area (Å²) in [6.45, 7) is 2.42. The van der Waals surface area contributed by atoms with Gasteiger partial charge in [0.1, 0.15) is 6.04 Å². The molecule has 0 bridgehead atoms. The third kappa shape index (κ3) is 5.37. The maximum atomic E-state index is 13.5. The van der Waals surface area contributed by atoms with Gasteiger partial charge in [-0.3, -0.25) is 14.6 Å². The number of nitrogens with zero attached hydrogens (tertiary/aromatic N) is 4. The van der Waals surface area contributed by atoms with Crippen molar-refractivity contribution >= 4 is 23.3 Å². The van der Waals surface area contributed by atoms with Crippen LogP contribution < -0.4 is 5.32 Å². The van der Waals surface area contributed by atoms with Crippen LogP contribution in [0.1, 0.15) is 58.9 Å². The van der Waals surface area contributed by atoms with Gasteiger partial charge in [-0.1, -0.05) is 47.2 Å². The van der Waals surface area contributed by atoms with Gasteiger partial charge in [0, 0.05) is 30.4 Å². The third-order valence-electron chi connectivity index (χ3n) is 5.85. The van der Waals surface area contributed by atoms with Crippen LogP contribution in [0.2, 0.25) is 0 Å². The Bertz CT molecular complexity index is 1040. The molecule has 2 heterocycles. The molecule has 32 heavy (non-hydrogen) atoms. The van der Waals surface area contributed by atoms with E-state index in [1.54, 1.807) is 34.8 Å². The molecule has 2 amide bonds. The number of hydrogen-bond acceptors (Lipinski definition) is 6. The molecule has 1 N–H and O–H groups in total. The summed E-state index contributed by atoms with van der Waals surface area (Å²) in [5, 5.41) is 8.78. The number of rotatable bonds is 8. The van der Waals surface area contributed by atoms with Crippen molar-refractivity contribution in [3.05, 3.63) is 76.6 Å². The lowest BCUT2D eigenvalue weighted by atomic mass is 10.0. The SMILES string of the molecule is Cc1cccc(CCN(C(=O)c2csnn2)C(C(=O)NC2CCCC2)c2ccncc2)c1. The van der Waals surface area contributed by atoms with Gasteiger partial charge in [-0.15, -0.1) is 5.10 Å². The summed E-state index contributed by atoms with van der Waals surface area (Å²) in [6.07, 6.45) is 8.11. The Labute approximate surface area is 192 Å². The van der Waals surface area contributed by atoms with E-state index in [1.165, 1.54) is 0 Å². The normalized spacial score (nSPS) is 14.8. The lowest BCUT2D eigenvalue weighted by Gasteiger charge is -2.31. The minimum absolute atomic E-state index is 0.154. The largest absolute Gasteiger partial charge is 0.351 e. The second kappa shape index (κ2) is 10.5. The maximum absolute atomic E-state index is 13.5. The standard InChI is InChI=1S/C24H27N5O2S/c1-17-5-4-6-18(15-17)11-14-29(24(31)21-16-32-28-27-21)22(19-9-12-25-13-10-19)23(30)26-20-7-2-3-8-20/h4-6,9-10,12-13,15-16,20,22H,2-3,7-8,11,14H2,1H3,(H,26,30). The maximum Gasteiger partial charge on any atom is 0.276 e. The molecule has 0 radical (unpaired) electrons. The highest BCUT2D eigenvalue weighted by molar-refractivity contribution is 7.03. The van der Waals surface area contributed by atoms with Crippen molar-refractivity contribution < 1.29 is 9.59 Å². The summed E-state index contributed by atoms with van der Waals surface area (Å²) in [4.78, 5) is 32.7. The van der Waals surface area contributed by atoms with Crippen molar-refractivity contribution in [3.8, 4) is 0 Å². The monoisotopic (exact) mass is 449 g/mol. The number of hydrogen-bond donors (Lipinski definition) is 1. The number of amides is 2. The predicted octanol–water partition coefficient (Wildman–Crippen LogP) is 3.73. The Morgan fingerprint density at radius 1 is 1.19 bits per heavy atom. The molecular weight excluding hydrogens is 422 g/mol. The van der Waals surface area contributed by atoms with Crippen molar-refractivity contribution in [2.75, 3.05) is 6.54 Å². The van der Waals surface area contributed by atoms with E-state index in [4.69, 9.17) is 0 Å². The molecule has 7 nitrogen and oxygen atoms in total. The van der Waals surface area contributed by atoms with Crippen LogP contribution in [0.25, 0.3) is 0 Å². The van der Waals surface area contributed by atoms with Crippen LogP contribution in [0.4, 0.5) is 0 Å². The number of aromatic nitrogens is 3. The van der Waals surface area contributed by atoms with E-state index in [1.807, 2.05) is 25.1 Å². The molecule has 1 aliphatic rings. The molecule has 2 aromatic heterocycles. The van der Waals surface area contributed by atoms with Crippen LogP contribution in [-0.4, -0.2) is 43.9 Å². The molecule has 0 aliphatic heterocycles. The van der Waals surface area contributed by atoms with Crippen LogP contribution in [0, 0.1) is 6.92 Å². The highest BCUT2D eigenvalue weighted by Crippen LogP contribution is 2.26. The second-order valence-electron chi connectivity index (χ2n) is 8.20. The third-order valence-corrected chi connectivity index (χ3v) is 6.35. The van der Waals surface area contributed by atoms with E-state index < -0.39 is 6.04 Å². The summed E-state index contributed by atoms with van der Waals surface area (Å²) in [5.41, 5.74) is 3.26. The topological polar surface area (TPSA) is 88.1 Å². The molecular formula is C24H27N5O2S. The summed E-state index contributed by atoms with van der Waals surface area (Å²) in [7, 11) is 0. The Kier molecular flexibility index (Phi) is 7.21.